The minimum atomic E-state index is 0.566. The molecule has 0 bridgehead atoms. The second-order valence-corrected chi connectivity index (χ2v) is 4.14. The molecule has 0 spiro atoms. The summed E-state index contributed by atoms with van der Waals surface area (Å²) in [7, 11) is 3.49. The topological polar surface area (TPSA) is 62.8 Å². The van der Waals surface area contributed by atoms with Crippen LogP contribution < -0.4 is 10.1 Å². The van der Waals surface area contributed by atoms with E-state index < -0.39 is 0 Å². The summed E-state index contributed by atoms with van der Waals surface area (Å²) < 4.78 is 5.09. The number of hydrogen-bond donors (Lipinski definition) is 2. The number of nitrogens with zero attached hydrogens (tertiary/aromatic N) is 2. The van der Waals surface area contributed by atoms with E-state index in [1.54, 1.807) is 7.11 Å². The van der Waals surface area contributed by atoms with Gasteiger partial charge in [0.05, 0.1) is 12.6 Å². The maximum absolute atomic E-state index is 5.09. The first-order valence-corrected chi connectivity index (χ1v) is 5.99. The standard InChI is InChI=1S/C14H14N4O/c1-15-10-5-3-9(4-6-10)13-16-11-7-8-12(19-2)17-14(11)18-13/h3-8,15H,1-2H3,(H,16,17,18). The molecule has 0 amide bonds. The van der Waals surface area contributed by atoms with E-state index in [1.807, 2.05) is 43.4 Å². The van der Waals surface area contributed by atoms with Crippen LogP contribution in [-0.2, 0) is 0 Å². The molecule has 96 valence electrons. The van der Waals surface area contributed by atoms with Gasteiger partial charge in [-0.3, -0.25) is 0 Å². The molecule has 19 heavy (non-hydrogen) atoms. The molecule has 0 fully saturated rings. The van der Waals surface area contributed by atoms with Crippen LogP contribution in [0.1, 0.15) is 0 Å². The van der Waals surface area contributed by atoms with E-state index in [-0.39, 0.29) is 0 Å². The Hall–Kier alpha value is -2.56. The number of hydrogen-bond acceptors (Lipinski definition) is 4. The van der Waals surface area contributed by atoms with Gasteiger partial charge in [-0.1, -0.05) is 0 Å². The predicted molar refractivity (Wildman–Crippen MR) is 75.4 cm³/mol. The van der Waals surface area contributed by atoms with E-state index in [9.17, 15) is 0 Å². The molecule has 2 heterocycles. The molecule has 0 radical (unpaired) electrons. The molecule has 2 aromatic heterocycles. The van der Waals surface area contributed by atoms with E-state index in [4.69, 9.17) is 4.74 Å². The summed E-state index contributed by atoms with van der Waals surface area (Å²) in [4.78, 5) is 12.0. The molecule has 0 aliphatic carbocycles. The summed E-state index contributed by atoms with van der Waals surface area (Å²) in [5.74, 6) is 1.37. The first kappa shape index (κ1) is 11.5. The van der Waals surface area contributed by atoms with Crippen molar-refractivity contribution in [3.05, 3.63) is 36.4 Å². The summed E-state index contributed by atoms with van der Waals surface area (Å²) in [5.41, 5.74) is 3.65. The number of ether oxygens (including phenoxy) is 1. The Morgan fingerprint density at radius 1 is 1.05 bits per heavy atom. The van der Waals surface area contributed by atoms with Crippen LogP contribution in [0.3, 0.4) is 0 Å². The van der Waals surface area contributed by atoms with Gasteiger partial charge in [0.2, 0.25) is 5.88 Å². The summed E-state index contributed by atoms with van der Waals surface area (Å²) in [6.07, 6.45) is 0. The predicted octanol–water partition coefficient (Wildman–Crippen LogP) is 2.68. The summed E-state index contributed by atoms with van der Waals surface area (Å²) in [5, 5.41) is 3.09. The lowest BCUT2D eigenvalue weighted by Gasteiger charge is -2.00. The van der Waals surface area contributed by atoms with Crippen molar-refractivity contribution in [2.24, 2.45) is 0 Å². The van der Waals surface area contributed by atoms with E-state index in [1.165, 1.54) is 0 Å². The molecule has 0 atom stereocenters. The maximum Gasteiger partial charge on any atom is 0.215 e. The smallest absolute Gasteiger partial charge is 0.215 e. The van der Waals surface area contributed by atoms with E-state index in [2.05, 4.69) is 20.3 Å². The first-order valence-electron chi connectivity index (χ1n) is 5.99. The number of H-pyrrole nitrogens is 1. The quantitative estimate of drug-likeness (QED) is 0.754. The van der Waals surface area contributed by atoms with Crippen LogP contribution >= 0.6 is 0 Å². The van der Waals surface area contributed by atoms with Gasteiger partial charge in [-0.15, -0.1) is 0 Å². The lowest BCUT2D eigenvalue weighted by molar-refractivity contribution is 0.399. The second kappa shape index (κ2) is 4.61. The molecule has 5 heteroatoms. The molecule has 0 aliphatic heterocycles. The summed E-state index contributed by atoms with van der Waals surface area (Å²) in [6, 6.07) is 11.8. The first-order chi connectivity index (χ1) is 9.30. The SMILES string of the molecule is CNc1ccc(-c2nc3nc(OC)ccc3[nH]2)cc1. The number of benzene rings is 1. The number of rotatable bonds is 3. The van der Waals surface area contributed by atoms with Crippen LogP contribution in [0.15, 0.2) is 36.4 Å². The average Bonchev–Trinajstić information content (AvgIpc) is 2.90. The lowest BCUT2D eigenvalue weighted by Crippen LogP contribution is -1.87. The molecule has 0 saturated heterocycles. The number of pyridine rings is 1. The summed E-state index contributed by atoms with van der Waals surface area (Å²) in [6.45, 7) is 0. The highest BCUT2D eigenvalue weighted by atomic mass is 16.5. The van der Waals surface area contributed by atoms with Crippen molar-refractivity contribution in [3.63, 3.8) is 0 Å². The van der Waals surface area contributed by atoms with E-state index >= 15 is 0 Å². The molecule has 2 N–H and O–H groups in total. The molecule has 0 aliphatic rings. The number of aromatic nitrogens is 3. The molecular weight excluding hydrogens is 240 g/mol. The third kappa shape index (κ3) is 2.10. The van der Waals surface area contributed by atoms with Gasteiger partial charge < -0.3 is 15.0 Å². The van der Waals surface area contributed by atoms with Crippen LogP contribution in [0.2, 0.25) is 0 Å². The Balaban J connectivity index is 2.04. The Morgan fingerprint density at radius 2 is 1.84 bits per heavy atom. The number of aromatic amines is 1. The van der Waals surface area contributed by atoms with Crippen molar-refractivity contribution >= 4 is 16.9 Å². The normalized spacial score (nSPS) is 10.6. The fourth-order valence-corrected chi connectivity index (χ4v) is 1.92. The number of anilines is 1. The number of nitrogens with one attached hydrogen (secondary N) is 2. The van der Waals surface area contributed by atoms with Gasteiger partial charge in [0.25, 0.3) is 0 Å². The Kier molecular flexibility index (Phi) is 2.79. The Labute approximate surface area is 110 Å². The van der Waals surface area contributed by atoms with Gasteiger partial charge in [0.1, 0.15) is 5.82 Å². The average molecular weight is 254 g/mol. The highest BCUT2D eigenvalue weighted by Crippen LogP contribution is 2.22. The van der Waals surface area contributed by atoms with Gasteiger partial charge in [0.15, 0.2) is 5.65 Å². The van der Waals surface area contributed by atoms with Gasteiger partial charge in [-0.25, -0.2) is 4.98 Å². The maximum atomic E-state index is 5.09. The van der Waals surface area contributed by atoms with Crippen LogP contribution in [0.4, 0.5) is 5.69 Å². The third-order valence-corrected chi connectivity index (χ3v) is 2.98. The molecule has 0 unspecified atom stereocenters. The van der Waals surface area contributed by atoms with Gasteiger partial charge >= 0.3 is 0 Å². The van der Waals surface area contributed by atoms with Crippen molar-refractivity contribution in [1.29, 1.82) is 0 Å². The van der Waals surface area contributed by atoms with E-state index in [0.29, 0.717) is 11.5 Å². The fraction of sp³-hybridized carbons (Fsp3) is 0.143. The van der Waals surface area contributed by atoms with Crippen LogP contribution in [0.25, 0.3) is 22.6 Å². The van der Waals surface area contributed by atoms with Crippen LogP contribution in [0.5, 0.6) is 5.88 Å². The highest BCUT2D eigenvalue weighted by Gasteiger charge is 2.07. The highest BCUT2D eigenvalue weighted by molar-refractivity contribution is 5.76. The van der Waals surface area contributed by atoms with Crippen molar-refractivity contribution in [3.8, 4) is 17.3 Å². The zero-order valence-electron chi connectivity index (χ0n) is 10.8. The minimum Gasteiger partial charge on any atom is -0.481 e. The van der Waals surface area contributed by atoms with Crippen LogP contribution in [0, 0.1) is 0 Å². The van der Waals surface area contributed by atoms with Gasteiger partial charge in [0, 0.05) is 24.4 Å². The minimum absolute atomic E-state index is 0.566. The summed E-state index contributed by atoms with van der Waals surface area (Å²) >= 11 is 0. The number of methoxy groups -OCH3 is 1. The number of fused-ring (bicyclic) bond motifs is 1. The number of imidazole rings is 1. The fourth-order valence-electron chi connectivity index (χ4n) is 1.92. The third-order valence-electron chi connectivity index (χ3n) is 2.98. The van der Waals surface area contributed by atoms with Crippen molar-refractivity contribution in [2.45, 2.75) is 0 Å². The zero-order chi connectivity index (χ0) is 13.2. The van der Waals surface area contributed by atoms with Crippen molar-refractivity contribution < 1.29 is 4.74 Å². The molecular formula is C14H14N4O. The van der Waals surface area contributed by atoms with Gasteiger partial charge in [-0.2, -0.15) is 4.98 Å². The zero-order valence-corrected chi connectivity index (χ0v) is 10.8. The monoisotopic (exact) mass is 254 g/mol. The Bertz CT molecular complexity index is 703. The van der Waals surface area contributed by atoms with Crippen molar-refractivity contribution in [2.75, 3.05) is 19.5 Å². The second-order valence-electron chi connectivity index (χ2n) is 4.14. The van der Waals surface area contributed by atoms with E-state index in [0.717, 1.165) is 22.6 Å². The van der Waals surface area contributed by atoms with Crippen molar-refractivity contribution in [1.82, 2.24) is 15.0 Å². The Morgan fingerprint density at radius 3 is 2.53 bits per heavy atom. The molecule has 1 aromatic carbocycles. The molecule has 5 nitrogen and oxygen atoms in total. The molecule has 3 rings (SSSR count). The van der Waals surface area contributed by atoms with Gasteiger partial charge in [-0.05, 0) is 30.3 Å². The molecule has 0 saturated carbocycles. The molecule has 3 aromatic rings. The van der Waals surface area contributed by atoms with Crippen LogP contribution in [-0.4, -0.2) is 29.1 Å². The lowest BCUT2D eigenvalue weighted by atomic mass is 10.2. The largest absolute Gasteiger partial charge is 0.481 e.